The Morgan fingerprint density at radius 1 is 1.03 bits per heavy atom. The molecule has 1 aromatic rings. The van der Waals surface area contributed by atoms with Crippen LogP contribution in [0.1, 0.15) is 87.6 Å². The minimum atomic E-state index is -0.809. The number of nitrogens with one attached hydrogen (secondary N) is 2. The monoisotopic (exact) mass is 523 g/mol. The highest BCUT2D eigenvalue weighted by Gasteiger charge is 2.53. The third-order valence-corrected chi connectivity index (χ3v) is 9.45. The van der Waals surface area contributed by atoms with Crippen LogP contribution in [0.15, 0.2) is 12.1 Å². The molecular formula is C29H37N3O6. The zero-order valence-electron chi connectivity index (χ0n) is 22.3. The van der Waals surface area contributed by atoms with Crippen LogP contribution in [0.3, 0.4) is 0 Å². The molecule has 9 nitrogen and oxygen atoms in total. The van der Waals surface area contributed by atoms with Crippen molar-refractivity contribution in [2.24, 2.45) is 23.2 Å². The van der Waals surface area contributed by atoms with E-state index in [4.69, 9.17) is 9.47 Å². The Morgan fingerprint density at radius 3 is 2.32 bits per heavy atom. The molecule has 0 unspecified atom stereocenters. The lowest BCUT2D eigenvalue weighted by atomic mass is 9.75. The van der Waals surface area contributed by atoms with Gasteiger partial charge < -0.3 is 25.2 Å². The lowest BCUT2D eigenvalue weighted by Crippen LogP contribution is -2.51. The predicted octanol–water partition coefficient (Wildman–Crippen LogP) is 3.79. The molecule has 4 saturated carbocycles. The zero-order valence-corrected chi connectivity index (χ0v) is 22.3. The molecule has 4 aliphatic carbocycles. The van der Waals surface area contributed by atoms with Crippen molar-refractivity contribution in [3.63, 3.8) is 0 Å². The van der Waals surface area contributed by atoms with Crippen LogP contribution < -0.4 is 20.1 Å². The van der Waals surface area contributed by atoms with Gasteiger partial charge in [0.15, 0.2) is 0 Å². The summed E-state index contributed by atoms with van der Waals surface area (Å²) in [5, 5.41) is 25.6. The van der Waals surface area contributed by atoms with Gasteiger partial charge in [0.05, 0.1) is 35.7 Å². The maximum atomic E-state index is 13.6. The zero-order chi connectivity index (χ0) is 27.2. The summed E-state index contributed by atoms with van der Waals surface area (Å²) in [7, 11) is 1.45. The van der Waals surface area contributed by atoms with Crippen molar-refractivity contribution >= 4 is 17.8 Å². The molecule has 5 rings (SSSR count). The molecule has 0 saturated heterocycles. The van der Waals surface area contributed by atoms with Crippen LogP contribution in [0.25, 0.3) is 0 Å². The average Bonchev–Trinajstić information content (AvgIpc) is 3.28. The molecule has 9 heteroatoms. The van der Waals surface area contributed by atoms with Crippen molar-refractivity contribution in [2.75, 3.05) is 7.11 Å². The lowest BCUT2D eigenvalue weighted by Gasteiger charge is -2.34. The molecule has 2 amide bonds. The van der Waals surface area contributed by atoms with E-state index in [1.165, 1.54) is 13.2 Å². The van der Waals surface area contributed by atoms with Crippen LogP contribution in [0, 0.1) is 34.5 Å². The van der Waals surface area contributed by atoms with Crippen LogP contribution in [0.4, 0.5) is 0 Å². The van der Waals surface area contributed by atoms with E-state index in [0.717, 1.165) is 32.1 Å². The number of hydrogen-bond acceptors (Lipinski definition) is 6. The first-order chi connectivity index (χ1) is 18.1. The summed E-state index contributed by atoms with van der Waals surface area (Å²) in [5.41, 5.74) is -0.385. The largest absolute Gasteiger partial charge is 0.496 e. The Hall–Kier alpha value is -3.28. The number of carbonyl (C=O) groups excluding carboxylic acids is 2. The number of aliphatic carboxylic acids is 1. The van der Waals surface area contributed by atoms with E-state index in [9.17, 15) is 24.8 Å². The molecule has 204 valence electrons. The Balaban J connectivity index is 1.34. The summed E-state index contributed by atoms with van der Waals surface area (Å²) >= 11 is 0. The van der Waals surface area contributed by atoms with Crippen LogP contribution in [-0.4, -0.2) is 47.7 Å². The van der Waals surface area contributed by atoms with Crippen molar-refractivity contribution in [3.05, 3.63) is 23.3 Å². The maximum absolute atomic E-state index is 13.6. The number of benzene rings is 1. The molecule has 2 bridgehead atoms. The van der Waals surface area contributed by atoms with Gasteiger partial charge in [-0.05, 0) is 89.5 Å². The number of ether oxygens (including phenoxy) is 2. The van der Waals surface area contributed by atoms with Gasteiger partial charge in [0.1, 0.15) is 17.6 Å². The predicted molar refractivity (Wildman–Crippen MR) is 138 cm³/mol. The number of methoxy groups -OCH3 is 1. The summed E-state index contributed by atoms with van der Waals surface area (Å²) in [6, 6.07) is 4.93. The second kappa shape index (κ2) is 9.79. The molecule has 4 fully saturated rings. The highest BCUT2D eigenvalue weighted by atomic mass is 16.5. The molecule has 4 aliphatic rings. The number of carbonyl (C=O) groups is 3. The van der Waals surface area contributed by atoms with Crippen LogP contribution in [0.2, 0.25) is 0 Å². The highest BCUT2D eigenvalue weighted by Crippen LogP contribution is 2.49. The molecule has 0 radical (unpaired) electrons. The van der Waals surface area contributed by atoms with E-state index in [-0.39, 0.29) is 69.9 Å². The Labute approximate surface area is 223 Å². The smallest absolute Gasteiger partial charge is 0.309 e. The summed E-state index contributed by atoms with van der Waals surface area (Å²) in [6.45, 7) is 3.81. The fraction of sp³-hybridized carbons (Fsp3) is 0.655. The van der Waals surface area contributed by atoms with Gasteiger partial charge in [-0.3, -0.25) is 14.4 Å². The second-order valence-electron chi connectivity index (χ2n) is 12.3. The summed E-state index contributed by atoms with van der Waals surface area (Å²) < 4.78 is 11.6. The fourth-order valence-corrected chi connectivity index (χ4v) is 6.63. The quantitative estimate of drug-likeness (QED) is 0.471. The van der Waals surface area contributed by atoms with Gasteiger partial charge in [0.2, 0.25) is 5.91 Å². The van der Waals surface area contributed by atoms with Gasteiger partial charge in [0.25, 0.3) is 5.91 Å². The molecule has 0 spiro atoms. The molecular weight excluding hydrogens is 486 g/mol. The maximum Gasteiger partial charge on any atom is 0.309 e. The topological polar surface area (TPSA) is 138 Å². The number of amides is 2. The van der Waals surface area contributed by atoms with Crippen molar-refractivity contribution in [1.82, 2.24) is 10.6 Å². The van der Waals surface area contributed by atoms with Gasteiger partial charge in [0, 0.05) is 17.6 Å². The molecule has 0 aromatic heterocycles. The van der Waals surface area contributed by atoms with Crippen molar-refractivity contribution in [1.29, 1.82) is 5.26 Å². The van der Waals surface area contributed by atoms with E-state index in [2.05, 4.69) is 23.6 Å². The summed E-state index contributed by atoms with van der Waals surface area (Å²) in [5.74, 6) is -0.295. The first kappa shape index (κ1) is 26.3. The van der Waals surface area contributed by atoms with Gasteiger partial charge in [-0.2, -0.15) is 5.26 Å². The minimum Gasteiger partial charge on any atom is -0.496 e. The van der Waals surface area contributed by atoms with Gasteiger partial charge >= 0.3 is 5.97 Å². The molecule has 4 atom stereocenters. The number of carboxylic acid groups (broad SMARTS) is 1. The number of nitriles is 1. The first-order valence-electron chi connectivity index (χ1n) is 13.7. The molecule has 0 aliphatic heterocycles. The van der Waals surface area contributed by atoms with Gasteiger partial charge in [-0.15, -0.1) is 0 Å². The number of fused-ring (bicyclic) bond motifs is 2. The third kappa shape index (κ3) is 4.93. The van der Waals surface area contributed by atoms with Gasteiger partial charge in [-0.1, -0.05) is 0 Å². The van der Waals surface area contributed by atoms with E-state index < -0.39 is 11.4 Å². The van der Waals surface area contributed by atoms with E-state index in [1.54, 1.807) is 13.0 Å². The molecule has 0 heterocycles. The fourth-order valence-electron chi connectivity index (χ4n) is 6.63. The Bertz CT molecular complexity index is 1180. The average molecular weight is 524 g/mol. The van der Waals surface area contributed by atoms with Gasteiger partial charge in [-0.25, -0.2) is 0 Å². The standard InChI is InChI=1S/C29H37N3O6/c1-28(27(35)36)8-6-19(7-9-28)38-21-14-20(22(37-3)13-18(21)15-30)25(33)31-24-17-5-4-16(12-17)23(24)26(34)32-29(2)10-11-29/h13-14,16-17,19,23-24H,4-12H2,1-3H3,(H,31,33)(H,32,34)(H,35,36)/t16-,17+,19-,23+,24-,28+/m1/s1. The van der Waals surface area contributed by atoms with Crippen molar-refractivity contribution < 1.29 is 29.0 Å². The molecule has 1 aromatic carbocycles. The number of hydrogen-bond donors (Lipinski definition) is 3. The summed E-state index contributed by atoms with van der Waals surface area (Å²) in [6.07, 6.45) is 6.70. The normalized spacial score (nSPS) is 32.6. The van der Waals surface area contributed by atoms with Crippen LogP contribution >= 0.6 is 0 Å². The minimum absolute atomic E-state index is 0.0315. The van der Waals surface area contributed by atoms with Crippen LogP contribution in [0.5, 0.6) is 11.5 Å². The van der Waals surface area contributed by atoms with Crippen LogP contribution in [-0.2, 0) is 9.59 Å². The first-order valence-corrected chi connectivity index (χ1v) is 13.7. The van der Waals surface area contributed by atoms with Crippen molar-refractivity contribution in [3.8, 4) is 17.6 Å². The molecule has 3 N–H and O–H groups in total. The molecule has 38 heavy (non-hydrogen) atoms. The lowest BCUT2D eigenvalue weighted by molar-refractivity contribution is -0.150. The second-order valence-corrected chi connectivity index (χ2v) is 12.3. The number of carboxylic acids is 1. The highest BCUT2D eigenvalue weighted by molar-refractivity contribution is 5.98. The number of nitrogens with zero attached hydrogens (tertiary/aromatic N) is 1. The Morgan fingerprint density at radius 2 is 1.71 bits per heavy atom. The third-order valence-electron chi connectivity index (χ3n) is 9.45. The van der Waals surface area contributed by atoms with E-state index >= 15 is 0 Å². The Kier molecular flexibility index (Phi) is 6.79. The van der Waals surface area contributed by atoms with E-state index in [0.29, 0.717) is 25.7 Å². The summed E-state index contributed by atoms with van der Waals surface area (Å²) in [4.78, 5) is 38.4. The van der Waals surface area contributed by atoms with E-state index in [1.807, 2.05) is 0 Å². The van der Waals surface area contributed by atoms with Crippen molar-refractivity contribution in [2.45, 2.75) is 89.3 Å². The number of rotatable bonds is 8. The SMILES string of the molecule is COc1cc(C#N)c(O[C@H]2CC[C@@](C)(C(=O)O)CC2)cc1C(=O)N[C@@H]1[C@H]2CC[C@H](C2)[C@@H]1C(=O)NC1(C)CC1.